The Morgan fingerprint density at radius 3 is 2.68 bits per heavy atom. The van der Waals surface area contributed by atoms with Gasteiger partial charge in [-0.15, -0.1) is 12.4 Å². The van der Waals surface area contributed by atoms with Crippen LogP contribution < -0.4 is 15.4 Å². The maximum absolute atomic E-state index is 12.7. The minimum Gasteiger partial charge on any atom is -0.495 e. The molecule has 0 spiro atoms. The molecular weight excluding hydrogens is 374 g/mol. The molecule has 1 unspecified atom stereocenters. The number of ether oxygens (including phenoxy) is 1. The summed E-state index contributed by atoms with van der Waals surface area (Å²) in [6.07, 6.45) is 1.04. The maximum atomic E-state index is 12.7. The zero-order valence-electron chi connectivity index (χ0n) is 16.8. The molecule has 3 rings (SSSR count). The Morgan fingerprint density at radius 1 is 1.25 bits per heavy atom. The van der Waals surface area contributed by atoms with E-state index < -0.39 is 0 Å². The highest BCUT2D eigenvalue weighted by Crippen LogP contribution is 2.26. The number of methoxy groups -OCH3 is 1. The summed E-state index contributed by atoms with van der Waals surface area (Å²) >= 11 is 0. The Bertz CT molecular complexity index is 780. The number of nitrogens with zero attached hydrogens (tertiary/aromatic N) is 1. The normalized spacial score (nSPS) is 16.9. The fraction of sp³-hybridized carbons (Fsp3) is 0.409. The zero-order chi connectivity index (χ0) is 19.2. The first-order valence-corrected chi connectivity index (χ1v) is 9.58. The number of amides is 1. The zero-order valence-corrected chi connectivity index (χ0v) is 17.6. The molecule has 1 amide bonds. The van der Waals surface area contributed by atoms with Crippen molar-refractivity contribution in [3.63, 3.8) is 0 Å². The topological polar surface area (TPSA) is 53.6 Å². The first kappa shape index (κ1) is 22.2. The minimum atomic E-state index is -0.0176. The fourth-order valence-electron chi connectivity index (χ4n) is 3.53. The number of nitrogens with one attached hydrogen (secondary N) is 2. The van der Waals surface area contributed by atoms with Gasteiger partial charge in [0.2, 0.25) is 5.91 Å². The number of halogens is 1. The molecule has 1 fully saturated rings. The summed E-state index contributed by atoms with van der Waals surface area (Å²) in [5, 5.41) is 6.46. The number of hydrogen-bond donors (Lipinski definition) is 2. The number of hydrogen-bond acceptors (Lipinski definition) is 4. The summed E-state index contributed by atoms with van der Waals surface area (Å²) in [6, 6.07) is 14.7. The Kier molecular flexibility index (Phi) is 8.30. The van der Waals surface area contributed by atoms with Gasteiger partial charge in [-0.2, -0.15) is 0 Å². The lowest BCUT2D eigenvalue weighted by Crippen LogP contribution is -2.48. The van der Waals surface area contributed by atoms with Crippen LogP contribution >= 0.6 is 12.4 Å². The van der Waals surface area contributed by atoms with E-state index >= 15 is 0 Å². The van der Waals surface area contributed by atoms with Crippen LogP contribution in [0.25, 0.3) is 0 Å². The minimum absolute atomic E-state index is 0. The van der Waals surface area contributed by atoms with Crippen LogP contribution in [0.1, 0.15) is 29.7 Å². The molecule has 1 aliphatic heterocycles. The Morgan fingerprint density at radius 2 is 2.00 bits per heavy atom. The van der Waals surface area contributed by atoms with E-state index in [0.717, 1.165) is 37.3 Å². The van der Waals surface area contributed by atoms with Crippen molar-refractivity contribution in [3.8, 4) is 5.75 Å². The molecule has 1 heterocycles. The molecule has 1 saturated heterocycles. The SMILES string of the molecule is CCc1ccc(C2CNCCN2CC(=O)Nc2cc(C)ccc2OC)cc1.Cl. The summed E-state index contributed by atoms with van der Waals surface area (Å²) in [4.78, 5) is 15.0. The van der Waals surface area contributed by atoms with Gasteiger partial charge in [0.05, 0.1) is 19.3 Å². The van der Waals surface area contributed by atoms with Crippen LogP contribution in [-0.4, -0.2) is 44.1 Å². The van der Waals surface area contributed by atoms with Crippen molar-refractivity contribution in [2.45, 2.75) is 26.3 Å². The fourth-order valence-corrected chi connectivity index (χ4v) is 3.53. The first-order chi connectivity index (χ1) is 13.1. The molecule has 0 bridgehead atoms. The first-order valence-electron chi connectivity index (χ1n) is 9.58. The molecule has 0 radical (unpaired) electrons. The van der Waals surface area contributed by atoms with Crippen LogP contribution in [0, 0.1) is 6.92 Å². The molecule has 0 aliphatic carbocycles. The van der Waals surface area contributed by atoms with Crippen molar-refractivity contribution in [3.05, 3.63) is 59.2 Å². The molecule has 0 saturated carbocycles. The van der Waals surface area contributed by atoms with Crippen molar-refractivity contribution in [1.82, 2.24) is 10.2 Å². The van der Waals surface area contributed by atoms with Gasteiger partial charge in [-0.25, -0.2) is 0 Å². The molecule has 28 heavy (non-hydrogen) atoms. The van der Waals surface area contributed by atoms with Gasteiger partial charge < -0.3 is 15.4 Å². The molecule has 6 heteroatoms. The van der Waals surface area contributed by atoms with Crippen LogP contribution in [0.15, 0.2) is 42.5 Å². The monoisotopic (exact) mass is 403 g/mol. The summed E-state index contributed by atoms with van der Waals surface area (Å²) in [7, 11) is 1.62. The summed E-state index contributed by atoms with van der Waals surface area (Å²) in [6.45, 7) is 7.11. The Hall–Kier alpha value is -2.08. The lowest BCUT2D eigenvalue weighted by atomic mass is 10.0. The number of benzene rings is 2. The van der Waals surface area contributed by atoms with E-state index in [-0.39, 0.29) is 24.4 Å². The lowest BCUT2D eigenvalue weighted by Gasteiger charge is -2.36. The molecule has 2 aromatic rings. The van der Waals surface area contributed by atoms with Gasteiger partial charge in [0, 0.05) is 25.7 Å². The molecule has 2 N–H and O–H groups in total. The highest BCUT2D eigenvalue weighted by atomic mass is 35.5. The van der Waals surface area contributed by atoms with Crippen LogP contribution in [0.5, 0.6) is 5.75 Å². The number of carbonyl (C=O) groups excluding carboxylic acids is 1. The third-order valence-corrected chi connectivity index (χ3v) is 5.10. The second-order valence-electron chi connectivity index (χ2n) is 7.04. The molecule has 1 atom stereocenters. The van der Waals surface area contributed by atoms with Crippen LogP contribution in [0.4, 0.5) is 5.69 Å². The molecule has 152 valence electrons. The van der Waals surface area contributed by atoms with Crippen LogP contribution in [0.2, 0.25) is 0 Å². The van der Waals surface area contributed by atoms with Crippen molar-refractivity contribution in [2.75, 3.05) is 38.6 Å². The number of carbonyl (C=O) groups is 1. The molecule has 2 aromatic carbocycles. The van der Waals surface area contributed by atoms with E-state index in [4.69, 9.17) is 4.74 Å². The third-order valence-electron chi connectivity index (χ3n) is 5.10. The quantitative estimate of drug-likeness (QED) is 0.774. The number of rotatable bonds is 6. The van der Waals surface area contributed by atoms with Gasteiger partial charge in [0.15, 0.2) is 0 Å². The smallest absolute Gasteiger partial charge is 0.238 e. The molecular formula is C22H30ClN3O2. The van der Waals surface area contributed by atoms with Crippen molar-refractivity contribution in [2.24, 2.45) is 0 Å². The average molecular weight is 404 g/mol. The highest BCUT2D eigenvalue weighted by molar-refractivity contribution is 5.93. The largest absolute Gasteiger partial charge is 0.495 e. The lowest BCUT2D eigenvalue weighted by molar-refractivity contribution is -0.118. The third kappa shape index (κ3) is 5.47. The van der Waals surface area contributed by atoms with E-state index in [2.05, 4.69) is 46.7 Å². The summed E-state index contributed by atoms with van der Waals surface area (Å²) in [5.41, 5.74) is 4.39. The van der Waals surface area contributed by atoms with Crippen LogP contribution in [0.3, 0.4) is 0 Å². The summed E-state index contributed by atoms with van der Waals surface area (Å²) < 4.78 is 5.37. The van der Waals surface area contributed by atoms with Crippen molar-refractivity contribution >= 4 is 24.0 Å². The van der Waals surface area contributed by atoms with Crippen LogP contribution in [-0.2, 0) is 11.2 Å². The van der Waals surface area contributed by atoms with E-state index in [9.17, 15) is 4.79 Å². The maximum Gasteiger partial charge on any atom is 0.238 e. The van der Waals surface area contributed by atoms with E-state index in [1.807, 2.05) is 25.1 Å². The standard InChI is InChI=1S/C22H29N3O2.ClH/c1-4-17-6-8-18(9-7-17)20-14-23-11-12-25(20)15-22(26)24-19-13-16(2)5-10-21(19)27-3;/h5-10,13,20,23H,4,11-12,14-15H2,1-3H3,(H,24,26);1H. The number of anilines is 1. The van der Waals surface area contributed by atoms with Crippen molar-refractivity contribution in [1.29, 1.82) is 0 Å². The molecule has 0 aromatic heterocycles. The number of aryl methyl sites for hydroxylation is 2. The van der Waals surface area contributed by atoms with Crippen molar-refractivity contribution < 1.29 is 9.53 Å². The summed E-state index contributed by atoms with van der Waals surface area (Å²) in [5.74, 6) is 0.664. The van der Waals surface area contributed by atoms with E-state index in [1.54, 1.807) is 7.11 Å². The molecule has 1 aliphatic rings. The second-order valence-corrected chi connectivity index (χ2v) is 7.04. The predicted molar refractivity (Wildman–Crippen MR) is 117 cm³/mol. The van der Waals surface area contributed by atoms with E-state index in [0.29, 0.717) is 12.3 Å². The molecule has 5 nitrogen and oxygen atoms in total. The van der Waals surface area contributed by atoms with Gasteiger partial charge >= 0.3 is 0 Å². The van der Waals surface area contributed by atoms with Gasteiger partial charge in [-0.05, 0) is 42.2 Å². The van der Waals surface area contributed by atoms with E-state index in [1.165, 1.54) is 11.1 Å². The number of piperazine rings is 1. The highest BCUT2D eigenvalue weighted by Gasteiger charge is 2.25. The second kappa shape index (κ2) is 10.5. The Balaban J connectivity index is 0.00000280. The van der Waals surface area contributed by atoms with Gasteiger partial charge in [-0.3, -0.25) is 9.69 Å². The average Bonchev–Trinajstić information content (AvgIpc) is 2.69. The van der Waals surface area contributed by atoms with Gasteiger partial charge in [0.25, 0.3) is 0 Å². The van der Waals surface area contributed by atoms with Gasteiger partial charge in [-0.1, -0.05) is 37.3 Å². The predicted octanol–water partition coefficient (Wildman–Crippen LogP) is 3.57. The van der Waals surface area contributed by atoms with Gasteiger partial charge in [0.1, 0.15) is 5.75 Å². The Labute approximate surface area is 173 Å².